The highest BCUT2D eigenvalue weighted by atomic mass is 19.4. The molecule has 0 aliphatic heterocycles. The van der Waals surface area contributed by atoms with Crippen molar-refractivity contribution in [3.05, 3.63) is 0 Å². The molecule has 0 saturated heterocycles. The van der Waals surface area contributed by atoms with Gasteiger partial charge in [0.1, 0.15) is 0 Å². The van der Waals surface area contributed by atoms with Crippen molar-refractivity contribution in [1.82, 2.24) is 4.90 Å². The predicted octanol–water partition coefficient (Wildman–Crippen LogP) is 1.25. The predicted molar refractivity (Wildman–Crippen MR) is 39.9 cm³/mol. The van der Waals surface area contributed by atoms with Crippen molar-refractivity contribution in [3.8, 4) is 0 Å². The van der Waals surface area contributed by atoms with Gasteiger partial charge in [-0.1, -0.05) is 0 Å². The van der Waals surface area contributed by atoms with E-state index in [1.807, 2.05) is 0 Å². The molecule has 0 amide bonds. The van der Waals surface area contributed by atoms with Crippen LogP contribution in [0.25, 0.3) is 0 Å². The molecule has 0 radical (unpaired) electrons. The number of rotatable bonds is 5. The molecule has 0 heterocycles. The van der Waals surface area contributed by atoms with E-state index >= 15 is 0 Å². The molecule has 0 aromatic carbocycles. The first kappa shape index (κ1) is 11.7. The number of halogens is 3. The van der Waals surface area contributed by atoms with Crippen LogP contribution >= 0.6 is 0 Å². The Labute approximate surface area is 70.0 Å². The fourth-order valence-corrected chi connectivity index (χ4v) is 0.879. The Morgan fingerprint density at radius 2 is 1.83 bits per heavy atom. The average molecular weight is 185 g/mol. The Hall–Kier alpha value is -0.290. The monoisotopic (exact) mass is 185 g/mol. The van der Waals surface area contributed by atoms with Crippen LogP contribution in [0.3, 0.4) is 0 Å². The van der Waals surface area contributed by atoms with Gasteiger partial charge in [-0.05, 0) is 26.4 Å². The molecule has 0 spiro atoms. The molecule has 5 heteroatoms. The quantitative estimate of drug-likeness (QED) is 0.652. The smallest absolute Gasteiger partial charge is 0.396 e. The van der Waals surface area contributed by atoms with Crippen LogP contribution in [-0.4, -0.2) is 42.9 Å². The lowest BCUT2D eigenvalue weighted by molar-refractivity contribution is -0.143. The molecule has 0 unspecified atom stereocenters. The average Bonchev–Trinajstić information content (AvgIpc) is 1.84. The van der Waals surface area contributed by atoms with Gasteiger partial charge in [0.15, 0.2) is 0 Å². The van der Waals surface area contributed by atoms with Crippen molar-refractivity contribution < 1.29 is 18.3 Å². The van der Waals surface area contributed by atoms with E-state index in [0.717, 1.165) is 0 Å². The molecule has 12 heavy (non-hydrogen) atoms. The van der Waals surface area contributed by atoms with Gasteiger partial charge in [-0.3, -0.25) is 4.90 Å². The summed E-state index contributed by atoms with van der Waals surface area (Å²) in [7, 11) is 1.42. The van der Waals surface area contributed by atoms with Gasteiger partial charge in [-0.25, -0.2) is 0 Å². The van der Waals surface area contributed by atoms with E-state index in [0.29, 0.717) is 19.4 Å². The van der Waals surface area contributed by atoms with Crippen LogP contribution in [0.1, 0.15) is 12.8 Å². The molecular formula is C7H14F3NO. The molecule has 0 fully saturated rings. The highest BCUT2D eigenvalue weighted by molar-refractivity contribution is 4.58. The van der Waals surface area contributed by atoms with Crippen molar-refractivity contribution in [2.75, 3.05) is 26.7 Å². The fourth-order valence-electron chi connectivity index (χ4n) is 0.879. The number of aliphatic hydroxyl groups excluding tert-OH is 1. The standard InChI is InChI=1S/C7H14F3NO/c1-11(4-2-3-5-12)6-7(8,9)10/h12H,2-6H2,1H3. The topological polar surface area (TPSA) is 23.5 Å². The van der Waals surface area contributed by atoms with E-state index in [4.69, 9.17) is 5.11 Å². The minimum Gasteiger partial charge on any atom is -0.396 e. The van der Waals surface area contributed by atoms with Crippen molar-refractivity contribution in [2.24, 2.45) is 0 Å². The number of aliphatic hydroxyl groups is 1. The van der Waals surface area contributed by atoms with E-state index in [1.165, 1.54) is 11.9 Å². The van der Waals surface area contributed by atoms with Crippen LogP contribution in [0, 0.1) is 0 Å². The maximum Gasteiger partial charge on any atom is 0.401 e. The maximum absolute atomic E-state index is 11.7. The van der Waals surface area contributed by atoms with Crippen molar-refractivity contribution in [3.63, 3.8) is 0 Å². The normalized spacial score (nSPS) is 12.5. The lowest BCUT2D eigenvalue weighted by atomic mass is 10.3. The Kier molecular flexibility index (Phi) is 5.24. The largest absolute Gasteiger partial charge is 0.401 e. The summed E-state index contributed by atoms with van der Waals surface area (Å²) >= 11 is 0. The molecule has 0 aromatic heterocycles. The maximum atomic E-state index is 11.7. The molecule has 0 aliphatic rings. The van der Waals surface area contributed by atoms with Gasteiger partial charge in [0.05, 0.1) is 6.54 Å². The van der Waals surface area contributed by atoms with Gasteiger partial charge in [-0.2, -0.15) is 13.2 Å². The van der Waals surface area contributed by atoms with Gasteiger partial charge in [0.2, 0.25) is 0 Å². The first-order valence-corrected chi connectivity index (χ1v) is 3.82. The molecule has 0 atom stereocenters. The lowest BCUT2D eigenvalue weighted by Crippen LogP contribution is -2.31. The van der Waals surface area contributed by atoms with Crippen LogP contribution in [-0.2, 0) is 0 Å². The third-order valence-electron chi connectivity index (χ3n) is 1.40. The van der Waals surface area contributed by atoms with E-state index in [2.05, 4.69) is 0 Å². The van der Waals surface area contributed by atoms with Gasteiger partial charge in [0, 0.05) is 6.61 Å². The number of hydrogen-bond acceptors (Lipinski definition) is 2. The van der Waals surface area contributed by atoms with Gasteiger partial charge >= 0.3 is 6.18 Å². The second-order valence-corrected chi connectivity index (χ2v) is 2.78. The molecule has 0 aromatic rings. The zero-order chi connectivity index (χ0) is 9.61. The SMILES string of the molecule is CN(CCCCO)CC(F)(F)F. The molecule has 0 saturated carbocycles. The molecule has 0 bridgehead atoms. The minimum absolute atomic E-state index is 0.0415. The summed E-state index contributed by atoms with van der Waals surface area (Å²) in [5.41, 5.74) is 0. The molecule has 0 rings (SSSR count). The molecule has 74 valence electrons. The molecular weight excluding hydrogens is 171 g/mol. The summed E-state index contributed by atoms with van der Waals surface area (Å²) in [5.74, 6) is 0. The number of alkyl halides is 3. The third-order valence-corrected chi connectivity index (χ3v) is 1.40. The number of hydrogen-bond donors (Lipinski definition) is 1. The zero-order valence-corrected chi connectivity index (χ0v) is 7.06. The van der Waals surface area contributed by atoms with Crippen molar-refractivity contribution in [2.45, 2.75) is 19.0 Å². The van der Waals surface area contributed by atoms with Gasteiger partial charge in [0.25, 0.3) is 0 Å². The van der Waals surface area contributed by atoms with Crippen molar-refractivity contribution >= 4 is 0 Å². The van der Waals surface area contributed by atoms with E-state index < -0.39 is 12.7 Å². The second-order valence-electron chi connectivity index (χ2n) is 2.78. The second kappa shape index (κ2) is 5.37. The van der Waals surface area contributed by atoms with Crippen LogP contribution < -0.4 is 0 Å². The van der Waals surface area contributed by atoms with E-state index in [9.17, 15) is 13.2 Å². The van der Waals surface area contributed by atoms with Crippen molar-refractivity contribution in [1.29, 1.82) is 0 Å². The first-order valence-electron chi connectivity index (χ1n) is 3.82. The summed E-state index contributed by atoms with van der Waals surface area (Å²) in [6.45, 7) is -0.460. The highest BCUT2D eigenvalue weighted by Gasteiger charge is 2.28. The fraction of sp³-hybridized carbons (Fsp3) is 1.00. The Morgan fingerprint density at radius 3 is 2.25 bits per heavy atom. The first-order chi connectivity index (χ1) is 5.45. The van der Waals surface area contributed by atoms with Crippen LogP contribution in [0.4, 0.5) is 13.2 Å². The molecule has 0 aliphatic carbocycles. The highest BCUT2D eigenvalue weighted by Crippen LogP contribution is 2.15. The van der Waals surface area contributed by atoms with E-state index in [1.54, 1.807) is 0 Å². The Bertz CT molecular complexity index is 116. The number of unbranched alkanes of at least 4 members (excludes halogenated alkanes) is 1. The van der Waals surface area contributed by atoms with E-state index in [-0.39, 0.29) is 6.61 Å². The summed E-state index contributed by atoms with van der Waals surface area (Å²) < 4.78 is 35.2. The van der Waals surface area contributed by atoms with Crippen LogP contribution in [0.5, 0.6) is 0 Å². The third kappa shape index (κ3) is 7.81. The minimum atomic E-state index is -4.12. The Morgan fingerprint density at radius 1 is 1.25 bits per heavy atom. The lowest BCUT2D eigenvalue weighted by Gasteiger charge is -2.17. The van der Waals surface area contributed by atoms with Gasteiger partial charge < -0.3 is 5.11 Å². The van der Waals surface area contributed by atoms with Gasteiger partial charge in [-0.15, -0.1) is 0 Å². The van der Waals surface area contributed by atoms with Crippen LogP contribution in [0.15, 0.2) is 0 Å². The number of nitrogens with zero attached hydrogens (tertiary/aromatic N) is 1. The summed E-state index contributed by atoms with van der Waals surface area (Å²) in [6.07, 6.45) is -2.96. The summed E-state index contributed by atoms with van der Waals surface area (Å²) in [4.78, 5) is 1.20. The summed E-state index contributed by atoms with van der Waals surface area (Å²) in [6, 6.07) is 0. The van der Waals surface area contributed by atoms with Crippen LogP contribution in [0.2, 0.25) is 0 Å². The zero-order valence-electron chi connectivity index (χ0n) is 7.06. The Balaban J connectivity index is 3.40. The molecule has 1 N–H and O–H groups in total. The molecule has 2 nitrogen and oxygen atoms in total. The summed E-state index contributed by atoms with van der Waals surface area (Å²) in [5, 5.41) is 8.37.